The minimum atomic E-state index is 0.528. The zero-order valence-electron chi connectivity index (χ0n) is 10.2. The molecule has 0 saturated carbocycles. The largest absolute Gasteiger partial charge is 0.308 e. The summed E-state index contributed by atoms with van der Waals surface area (Å²) in [5.41, 5.74) is 5.88. The summed E-state index contributed by atoms with van der Waals surface area (Å²) in [6.07, 6.45) is 2.18. The maximum absolute atomic E-state index is 6.02. The SMILES string of the molecule is Cc1ncsc1CNC1Cc2ccc(Cl)cc2C1. The van der Waals surface area contributed by atoms with E-state index in [2.05, 4.69) is 29.4 Å². The predicted octanol–water partition coefficient (Wildman–Crippen LogP) is 3.36. The molecule has 1 aliphatic rings. The van der Waals surface area contributed by atoms with E-state index in [-0.39, 0.29) is 0 Å². The van der Waals surface area contributed by atoms with Crippen LogP contribution < -0.4 is 5.32 Å². The average Bonchev–Trinajstić information content (AvgIpc) is 2.92. The summed E-state index contributed by atoms with van der Waals surface area (Å²) in [6, 6.07) is 6.75. The average molecular weight is 279 g/mol. The molecule has 0 fully saturated rings. The molecule has 18 heavy (non-hydrogen) atoms. The molecule has 4 heteroatoms. The van der Waals surface area contributed by atoms with Crippen LogP contribution in [0.2, 0.25) is 5.02 Å². The molecule has 0 aliphatic heterocycles. The van der Waals surface area contributed by atoms with Gasteiger partial charge in [-0.05, 0) is 43.0 Å². The molecule has 1 aliphatic carbocycles. The third kappa shape index (κ3) is 2.44. The summed E-state index contributed by atoms with van der Waals surface area (Å²) < 4.78 is 0. The topological polar surface area (TPSA) is 24.9 Å². The van der Waals surface area contributed by atoms with Crippen molar-refractivity contribution in [3.63, 3.8) is 0 Å². The Morgan fingerprint density at radius 3 is 3.00 bits per heavy atom. The van der Waals surface area contributed by atoms with Gasteiger partial charge in [-0.15, -0.1) is 11.3 Å². The van der Waals surface area contributed by atoms with Gasteiger partial charge < -0.3 is 5.32 Å². The number of aryl methyl sites for hydroxylation is 1. The monoisotopic (exact) mass is 278 g/mol. The van der Waals surface area contributed by atoms with E-state index in [1.165, 1.54) is 16.0 Å². The summed E-state index contributed by atoms with van der Waals surface area (Å²) in [7, 11) is 0. The number of fused-ring (bicyclic) bond motifs is 1. The summed E-state index contributed by atoms with van der Waals surface area (Å²) in [5, 5.41) is 4.46. The van der Waals surface area contributed by atoms with Crippen molar-refractivity contribution in [2.75, 3.05) is 0 Å². The van der Waals surface area contributed by atoms with Crippen molar-refractivity contribution in [2.45, 2.75) is 32.4 Å². The highest BCUT2D eigenvalue weighted by Gasteiger charge is 2.21. The number of nitrogens with one attached hydrogen (secondary N) is 1. The Hall–Kier alpha value is -0.900. The highest BCUT2D eigenvalue weighted by Crippen LogP contribution is 2.25. The van der Waals surface area contributed by atoms with Crippen molar-refractivity contribution in [2.24, 2.45) is 0 Å². The molecule has 0 spiro atoms. The normalized spacial score (nSPS) is 18.0. The van der Waals surface area contributed by atoms with Gasteiger partial charge in [0, 0.05) is 22.5 Å². The molecule has 0 saturated heterocycles. The zero-order valence-corrected chi connectivity index (χ0v) is 11.8. The molecule has 1 aromatic heterocycles. The van der Waals surface area contributed by atoms with E-state index >= 15 is 0 Å². The molecule has 0 amide bonds. The summed E-state index contributed by atoms with van der Waals surface area (Å²) in [5.74, 6) is 0. The minimum Gasteiger partial charge on any atom is -0.308 e. The van der Waals surface area contributed by atoms with Crippen molar-refractivity contribution < 1.29 is 0 Å². The molecule has 1 atom stereocenters. The van der Waals surface area contributed by atoms with E-state index in [0.29, 0.717) is 6.04 Å². The van der Waals surface area contributed by atoms with E-state index in [4.69, 9.17) is 11.6 Å². The van der Waals surface area contributed by atoms with Crippen LogP contribution in [0.25, 0.3) is 0 Å². The van der Waals surface area contributed by atoms with Crippen molar-refractivity contribution in [1.82, 2.24) is 10.3 Å². The molecule has 2 nitrogen and oxygen atoms in total. The Morgan fingerprint density at radius 2 is 2.22 bits per heavy atom. The van der Waals surface area contributed by atoms with Crippen LogP contribution in [0.5, 0.6) is 0 Å². The summed E-state index contributed by atoms with van der Waals surface area (Å²) >= 11 is 7.75. The number of hydrogen-bond donors (Lipinski definition) is 1. The number of benzene rings is 1. The second-order valence-electron chi connectivity index (χ2n) is 4.76. The molecule has 1 heterocycles. The fraction of sp³-hybridized carbons (Fsp3) is 0.357. The molecule has 1 aromatic carbocycles. The van der Waals surface area contributed by atoms with Crippen molar-refractivity contribution in [1.29, 1.82) is 0 Å². The first kappa shape index (κ1) is 12.2. The quantitative estimate of drug-likeness (QED) is 0.931. The first-order chi connectivity index (χ1) is 8.72. The van der Waals surface area contributed by atoms with Crippen molar-refractivity contribution in [3.05, 3.63) is 50.4 Å². The van der Waals surface area contributed by atoms with Gasteiger partial charge in [0.15, 0.2) is 0 Å². The van der Waals surface area contributed by atoms with E-state index in [1.54, 1.807) is 11.3 Å². The molecule has 2 aromatic rings. The van der Waals surface area contributed by atoms with Crippen LogP contribution in [0.3, 0.4) is 0 Å². The van der Waals surface area contributed by atoms with E-state index in [1.807, 2.05) is 11.6 Å². The van der Waals surface area contributed by atoms with Crippen LogP contribution >= 0.6 is 22.9 Å². The van der Waals surface area contributed by atoms with Gasteiger partial charge in [0.05, 0.1) is 11.2 Å². The molecule has 3 rings (SSSR count). The smallest absolute Gasteiger partial charge is 0.0798 e. The fourth-order valence-electron chi connectivity index (χ4n) is 2.46. The van der Waals surface area contributed by atoms with Crippen LogP contribution in [-0.2, 0) is 19.4 Å². The summed E-state index contributed by atoms with van der Waals surface area (Å²) in [6.45, 7) is 2.99. The molecule has 0 bridgehead atoms. The third-order valence-electron chi connectivity index (χ3n) is 3.50. The molecular formula is C14H15ClN2S. The van der Waals surface area contributed by atoms with Gasteiger partial charge in [0.2, 0.25) is 0 Å². The molecule has 0 radical (unpaired) electrons. The fourth-order valence-corrected chi connectivity index (χ4v) is 3.39. The van der Waals surface area contributed by atoms with Gasteiger partial charge in [-0.3, -0.25) is 0 Å². The lowest BCUT2D eigenvalue weighted by Gasteiger charge is -2.10. The Labute approximate surface area is 116 Å². The predicted molar refractivity (Wildman–Crippen MR) is 76.3 cm³/mol. The van der Waals surface area contributed by atoms with Gasteiger partial charge in [0.25, 0.3) is 0 Å². The molecule has 94 valence electrons. The zero-order chi connectivity index (χ0) is 12.5. The van der Waals surface area contributed by atoms with Crippen molar-refractivity contribution in [3.8, 4) is 0 Å². The Bertz CT molecular complexity index is 565. The van der Waals surface area contributed by atoms with E-state index in [0.717, 1.165) is 30.1 Å². The van der Waals surface area contributed by atoms with Crippen molar-refractivity contribution >= 4 is 22.9 Å². The number of aromatic nitrogens is 1. The standard InChI is InChI=1S/C14H15ClN2S/c1-9-14(18-8-17-9)7-16-13-5-10-2-3-12(15)4-11(10)6-13/h2-4,8,13,16H,5-7H2,1H3. The number of halogens is 1. The van der Waals surface area contributed by atoms with Crippen LogP contribution in [0.4, 0.5) is 0 Å². The molecule has 1 unspecified atom stereocenters. The lowest BCUT2D eigenvalue weighted by molar-refractivity contribution is 0.535. The Morgan fingerprint density at radius 1 is 1.39 bits per heavy atom. The van der Waals surface area contributed by atoms with Crippen LogP contribution in [-0.4, -0.2) is 11.0 Å². The first-order valence-electron chi connectivity index (χ1n) is 6.12. The second-order valence-corrected chi connectivity index (χ2v) is 6.14. The van der Waals surface area contributed by atoms with Gasteiger partial charge in [0.1, 0.15) is 0 Å². The lowest BCUT2D eigenvalue weighted by Crippen LogP contribution is -2.28. The van der Waals surface area contributed by atoms with Crippen LogP contribution in [0.15, 0.2) is 23.7 Å². The Kier molecular flexibility index (Phi) is 3.37. The van der Waals surface area contributed by atoms with Gasteiger partial charge in [-0.2, -0.15) is 0 Å². The summed E-state index contributed by atoms with van der Waals surface area (Å²) in [4.78, 5) is 5.61. The van der Waals surface area contributed by atoms with Gasteiger partial charge in [-0.25, -0.2) is 4.98 Å². The lowest BCUT2D eigenvalue weighted by atomic mass is 10.1. The molecular weight excluding hydrogens is 264 g/mol. The van der Waals surface area contributed by atoms with E-state index in [9.17, 15) is 0 Å². The first-order valence-corrected chi connectivity index (χ1v) is 7.38. The number of thiazole rings is 1. The van der Waals surface area contributed by atoms with Gasteiger partial charge in [-0.1, -0.05) is 17.7 Å². The van der Waals surface area contributed by atoms with E-state index < -0.39 is 0 Å². The minimum absolute atomic E-state index is 0.528. The number of rotatable bonds is 3. The number of nitrogens with zero attached hydrogens (tertiary/aromatic N) is 1. The molecule has 1 N–H and O–H groups in total. The highest BCUT2D eigenvalue weighted by atomic mass is 35.5. The second kappa shape index (κ2) is 5.00. The highest BCUT2D eigenvalue weighted by molar-refractivity contribution is 7.09. The third-order valence-corrected chi connectivity index (χ3v) is 4.67. The number of hydrogen-bond acceptors (Lipinski definition) is 3. The Balaban J connectivity index is 1.63. The maximum Gasteiger partial charge on any atom is 0.0798 e. The van der Waals surface area contributed by atoms with Crippen LogP contribution in [0, 0.1) is 6.92 Å². The van der Waals surface area contributed by atoms with Crippen LogP contribution in [0.1, 0.15) is 21.7 Å². The maximum atomic E-state index is 6.02. The van der Waals surface area contributed by atoms with Gasteiger partial charge >= 0.3 is 0 Å².